The fraction of sp³-hybridized carbons (Fsp3) is 0.611. The zero-order chi connectivity index (χ0) is 14.9. The van der Waals surface area contributed by atoms with E-state index in [0.29, 0.717) is 12.1 Å². The summed E-state index contributed by atoms with van der Waals surface area (Å²) in [5, 5.41) is 3.19. The summed E-state index contributed by atoms with van der Waals surface area (Å²) >= 11 is 0. The number of rotatable bonds is 2. The highest BCUT2D eigenvalue weighted by Gasteiger charge is 2.36. The third-order valence-corrected chi connectivity index (χ3v) is 5.51. The lowest BCUT2D eigenvalue weighted by atomic mass is 9.97. The van der Waals surface area contributed by atoms with Crippen molar-refractivity contribution in [2.45, 2.75) is 50.7 Å². The molecule has 2 heterocycles. The number of hydrogen-bond acceptors (Lipinski definition) is 2. The summed E-state index contributed by atoms with van der Waals surface area (Å²) in [5.41, 5.74) is 2.96. The molecule has 1 N–H and O–H groups in total. The van der Waals surface area contributed by atoms with Crippen molar-refractivity contribution in [2.24, 2.45) is 0 Å². The first-order valence-corrected chi connectivity index (χ1v) is 8.66. The summed E-state index contributed by atoms with van der Waals surface area (Å²) < 4.78 is 0. The van der Waals surface area contributed by atoms with Gasteiger partial charge in [0, 0.05) is 38.3 Å². The lowest BCUT2D eigenvalue weighted by molar-refractivity contribution is 0.0475. The SMILES string of the molecule is O=C(NC1CCCC1)N1CC(N2CCc3ccccc3C2)C1. The molecule has 2 fully saturated rings. The van der Waals surface area contributed by atoms with Crippen molar-refractivity contribution < 1.29 is 4.79 Å². The second kappa shape index (κ2) is 5.92. The van der Waals surface area contributed by atoms with E-state index in [2.05, 4.69) is 34.5 Å². The van der Waals surface area contributed by atoms with E-state index in [1.165, 1.54) is 24.0 Å². The lowest BCUT2D eigenvalue weighted by Crippen LogP contribution is -2.64. The molecule has 22 heavy (non-hydrogen) atoms. The molecule has 2 aliphatic heterocycles. The van der Waals surface area contributed by atoms with Gasteiger partial charge in [0.1, 0.15) is 0 Å². The minimum Gasteiger partial charge on any atom is -0.335 e. The first-order chi connectivity index (χ1) is 10.8. The summed E-state index contributed by atoms with van der Waals surface area (Å²) in [4.78, 5) is 16.7. The Morgan fingerprint density at radius 3 is 2.59 bits per heavy atom. The zero-order valence-electron chi connectivity index (χ0n) is 13.1. The minimum absolute atomic E-state index is 0.153. The van der Waals surface area contributed by atoms with Crippen LogP contribution in [0.1, 0.15) is 36.8 Å². The molecule has 0 atom stereocenters. The molecule has 0 unspecified atom stereocenters. The van der Waals surface area contributed by atoms with Crippen LogP contribution in [0.15, 0.2) is 24.3 Å². The number of urea groups is 1. The van der Waals surface area contributed by atoms with E-state index in [9.17, 15) is 4.79 Å². The third-order valence-electron chi connectivity index (χ3n) is 5.51. The highest BCUT2D eigenvalue weighted by Crippen LogP contribution is 2.25. The van der Waals surface area contributed by atoms with Crippen molar-refractivity contribution in [3.05, 3.63) is 35.4 Å². The standard InChI is InChI=1S/C18H25N3O/c22-18(19-16-7-3-4-8-16)21-12-17(13-21)20-10-9-14-5-1-2-6-15(14)11-20/h1-2,5-6,16-17H,3-4,7-13H2,(H,19,22). The highest BCUT2D eigenvalue weighted by atomic mass is 16.2. The molecular formula is C18H25N3O. The molecule has 1 aliphatic carbocycles. The fourth-order valence-electron chi connectivity index (χ4n) is 4.02. The lowest BCUT2D eigenvalue weighted by Gasteiger charge is -2.47. The van der Waals surface area contributed by atoms with Crippen molar-refractivity contribution in [1.82, 2.24) is 15.1 Å². The predicted molar refractivity (Wildman–Crippen MR) is 86.7 cm³/mol. The Kier molecular flexibility index (Phi) is 3.78. The van der Waals surface area contributed by atoms with Gasteiger partial charge in [-0.3, -0.25) is 4.90 Å². The van der Waals surface area contributed by atoms with Crippen LogP contribution in [0.3, 0.4) is 0 Å². The van der Waals surface area contributed by atoms with Gasteiger partial charge in [0.25, 0.3) is 0 Å². The number of benzene rings is 1. The van der Waals surface area contributed by atoms with Gasteiger partial charge in [0.05, 0.1) is 0 Å². The normalized spacial score (nSPS) is 23.2. The number of likely N-dealkylation sites (tertiary alicyclic amines) is 1. The van der Waals surface area contributed by atoms with Crippen LogP contribution in [0.5, 0.6) is 0 Å². The van der Waals surface area contributed by atoms with Crippen molar-refractivity contribution in [1.29, 1.82) is 0 Å². The molecule has 4 nitrogen and oxygen atoms in total. The molecule has 3 aliphatic rings. The number of hydrogen-bond donors (Lipinski definition) is 1. The summed E-state index contributed by atoms with van der Waals surface area (Å²) in [6, 6.07) is 9.87. The molecule has 2 amide bonds. The van der Waals surface area contributed by atoms with Crippen LogP contribution in [0.4, 0.5) is 4.79 Å². The number of amides is 2. The van der Waals surface area contributed by atoms with Crippen molar-refractivity contribution in [3.63, 3.8) is 0 Å². The van der Waals surface area contributed by atoms with E-state index in [4.69, 9.17) is 0 Å². The number of nitrogens with zero attached hydrogens (tertiary/aromatic N) is 2. The average Bonchev–Trinajstić information content (AvgIpc) is 2.98. The molecule has 0 aromatic heterocycles. The van der Waals surface area contributed by atoms with E-state index >= 15 is 0 Å². The van der Waals surface area contributed by atoms with Crippen LogP contribution in [0.25, 0.3) is 0 Å². The number of fused-ring (bicyclic) bond motifs is 1. The maximum absolute atomic E-state index is 12.2. The summed E-state index contributed by atoms with van der Waals surface area (Å²) in [5.74, 6) is 0. The second-order valence-corrected chi connectivity index (χ2v) is 6.98. The zero-order valence-corrected chi connectivity index (χ0v) is 13.1. The second-order valence-electron chi connectivity index (χ2n) is 6.98. The maximum atomic E-state index is 12.2. The predicted octanol–water partition coefficient (Wildman–Crippen LogP) is 2.38. The Morgan fingerprint density at radius 2 is 1.82 bits per heavy atom. The molecule has 1 saturated carbocycles. The van der Waals surface area contributed by atoms with Gasteiger partial charge in [-0.15, -0.1) is 0 Å². The minimum atomic E-state index is 0.153. The molecule has 4 rings (SSSR count). The van der Waals surface area contributed by atoms with E-state index in [-0.39, 0.29) is 6.03 Å². The summed E-state index contributed by atoms with van der Waals surface area (Å²) in [6.45, 7) is 3.94. The smallest absolute Gasteiger partial charge is 0.317 e. The van der Waals surface area contributed by atoms with Gasteiger partial charge >= 0.3 is 6.03 Å². The molecule has 0 bridgehead atoms. The topological polar surface area (TPSA) is 35.6 Å². The van der Waals surface area contributed by atoms with Gasteiger partial charge in [-0.25, -0.2) is 4.79 Å². The molecule has 1 aromatic carbocycles. The fourth-order valence-corrected chi connectivity index (χ4v) is 4.02. The van der Waals surface area contributed by atoms with Crippen molar-refractivity contribution in [2.75, 3.05) is 19.6 Å². The first-order valence-electron chi connectivity index (χ1n) is 8.66. The van der Waals surface area contributed by atoms with Gasteiger partial charge in [-0.05, 0) is 30.4 Å². The third kappa shape index (κ3) is 2.72. The molecule has 1 saturated heterocycles. The number of carbonyl (C=O) groups is 1. The molecule has 118 valence electrons. The number of carbonyl (C=O) groups excluding carboxylic acids is 1. The average molecular weight is 299 g/mol. The quantitative estimate of drug-likeness (QED) is 0.910. The first kappa shape index (κ1) is 14.1. The Bertz CT molecular complexity index is 547. The van der Waals surface area contributed by atoms with Gasteiger partial charge in [-0.2, -0.15) is 0 Å². The maximum Gasteiger partial charge on any atom is 0.317 e. The van der Waals surface area contributed by atoms with E-state index in [1.807, 2.05) is 4.90 Å². The Labute approximate surface area is 132 Å². The monoisotopic (exact) mass is 299 g/mol. The molecule has 1 aromatic rings. The van der Waals surface area contributed by atoms with Crippen molar-refractivity contribution >= 4 is 6.03 Å². The van der Waals surface area contributed by atoms with Crippen LogP contribution in [0.2, 0.25) is 0 Å². The van der Waals surface area contributed by atoms with Gasteiger partial charge in [0.2, 0.25) is 0 Å². The molecule has 4 heteroatoms. The van der Waals surface area contributed by atoms with Gasteiger partial charge in [0.15, 0.2) is 0 Å². The van der Waals surface area contributed by atoms with Crippen LogP contribution in [-0.2, 0) is 13.0 Å². The Hall–Kier alpha value is -1.55. The molecular weight excluding hydrogens is 274 g/mol. The van der Waals surface area contributed by atoms with Gasteiger partial charge in [-0.1, -0.05) is 37.1 Å². The van der Waals surface area contributed by atoms with E-state index < -0.39 is 0 Å². The molecule has 0 radical (unpaired) electrons. The van der Waals surface area contributed by atoms with E-state index in [0.717, 1.165) is 45.4 Å². The van der Waals surface area contributed by atoms with Crippen LogP contribution >= 0.6 is 0 Å². The van der Waals surface area contributed by atoms with E-state index in [1.54, 1.807) is 0 Å². The van der Waals surface area contributed by atoms with Gasteiger partial charge < -0.3 is 10.2 Å². The Balaban J connectivity index is 1.28. The largest absolute Gasteiger partial charge is 0.335 e. The number of nitrogens with one attached hydrogen (secondary N) is 1. The van der Waals surface area contributed by atoms with Crippen LogP contribution in [-0.4, -0.2) is 47.5 Å². The molecule has 0 spiro atoms. The van der Waals surface area contributed by atoms with Crippen molar-refractivity contribution in [3.8, 4) is 0 Å². The highest BCUT2D eigenvalue weighted by molar-refractivity contribution is 5.75. The summed E-state index contributed by atoms with van der Waals surface area (Å²) in [6.07, 6.45) is 5.99. The summed E-state index contributed by atoms with van der Waals surface area (Å²) in [7, 11) is 0. The van der Waals surface area contributed by atoms with Crippen LogP contribution in [0, 0.1) is 0 Å². The van der Waals surface area contributed by atoms with Crippen LogP contribution < -0.4 is 5.32 Å². The Morgan fingerprint density at radius 1 is 1.09 bits per heavy atom.